The van der Waals surface area contributed by atoms with Crippen LogP contribution in [-0.4, -0.2) is 29.3 Å². The van der Waals surface area contributed by atoms with E-state index in [0.717, 1.165) is 32.1 Å². The molecule has 0 aliphatic heterocycles. The molecule has 2 N–H and O–H groups in total. The maximum Gasteiger partial charge on any atom is 0.252 e. The van der Waals surface area contributed by atoms with Gasteiger partial charge in [-0.15, -0.1) is 0 Å². The first-order chi connectivity index (χ1) is 10.1. The van der Waals surface area contributed by atoms with Gasteiger partial charge in [0.25, 0.3) is 5.91 Å². The maximum atomic E-state index is 12.1. The van der Waals surface area contributed by atoms with Crippen LogP contribution in [0.4, 0.5) is 0 Å². The van der Waals surface area contributed by atoms with Crippen molar-refractivity contribution in [1.29, 1.82) is 0 Å². The van der Waals surface area contributed by atoms with E-state index in [1.807, 2.05) is 0 Å². The van der Waals surface area contributed by atoms with Crippen LogP contribution in [0.1, 0.15) is 48.9 Å². The highest BCUT2D eigenvalue weighted by atomic mass is 35.5. The number of ether oxygens (including phenoxy) is 1. The van der Waals surface area contributed by atoms with Crippen LogP contribution in [0.3, 0.4) is 0 Å². The van der Waals surface area contributed by atoms with Gasteiger partial charge in [-0.05, 0) is 56.7 Å². The monoisotopic (exact) mass is 309 g/mol. The Bertz CT molecular complexity index is 538. The van der Waals surface area contributed by atoms with Gasteiger partial charge < -0.3 is 15.2 Å². The molecule has 0 atom stereocenters. The normalized spacial score (nSPS) is 20.3. The molecule has 4 nitrogen and oxygen atoms in total. The highest BCUT2D eigenvalue weighted by Gasteiger charge is 2.34. The summed E-state index contributed by atoms with van der Waals surface area (Å²) in [6.45, 7) is 0.280. The fraction of sp³-hybridized carbons (Fsp3) is 0.562. The van der Waals surface area contributed by atoms with Crippen molar-refractivity contribution in [2.45, 2.75) is 50.2 Å². The zero-order valence-electron chi connectivity index (χ0n) is 11.9. The molecule has 0 spiro atoms. The number of carbonyl (C=O) groups excluding carboxylic acids is 1. The van der Waals surface area contributed by atoms with E-state index in [9.17, 15) is 9.90 Å². The largest absolute Gasteiger partial charge is 0.490 e. The third-order valence-electron chi connectivity index (χ3n) is 4.40. The Hall–Kier alpha value is -1.26. The number of halogens is 1. The zero-order valence-corrected chi connectivity index (χ0v) is 12.7. The summed E-state index contributed by atoms with van der Waals surface area (Å²) in [6, 6.07) is 5.14. The minimum atomic E-state index is -0.727. The van der Waals surface area contributed by atoms with Crippen molar-refractivity contribution in [3.8, 4) is 5.75 Å². The molecule has 1 amide bonds. The molecular weight excluding hydrogens is 290 g/mol. The first kappa shape index (κ1) is 14.7. The topological polar surface area (TPSA) is 58.6 Å². The Balaban J connectivity index is 1.59. The maximum absolute atomic E-state index is 12.1. The summed E-state index contributed by atoms with van der Waals surface area (Å²) in [5, 5.41) is 13.1. The molecule has 0 heterocycles. The summed E-state index contributed by atoms with van der Waals surface area (Å²) in [5.74, 6) is 0.453. The third kappa shape index (κ3) is 3.33. The summed E-state index contributed by atoms with van der Waals surface area (Å²) >= 11 is 6.16. The second-order valence-corrected chi connectivity index (χ2v) is 6.48. The van der Waals surface area contributed by atoms with E-state index in [1.54, 1.807) is 18.2 Å². The Morgan fingerprint density at radius 3 is 2.67 bits per heavy atom. The van der Waals surface area contributed by atoms with E-state index in [4.69, 9.17) is 16.3 Å². The standard InChI is InChI=1S/C16H20ClNO3/c17-14-9-12(21-11-3-1-4-11)5-6-13(14)15(19)18-10-16(20)7-2-8-16/h5-6,9,11,20H,1-4,7-8,10H2,(H,18,19). The van der Waals surface area contributed by atoms with Crippen LogP contribution in [0, 0.1) is 0 Å². The fourth-order valence-corrected chi connectivity index (χ4v) is 2.79. The number of hydrogen-bond acceptors (Lipinski definition) is 3. The van der Waals surface area contributed by atoms with Gasteiger partial charge in [-0.3, -0.25) is 4.79 Å². The summed E-state index contributed by atoms with van der Waals surface area (Å²) < 4.78 is 5.75. The van der Waals surface area contributed by atoms with Crippen molar-refractivity contribution >= 4 is 17.5 Å². The summed E-state index contributed by atoms with van der Waals surface area (Å²) in [6.07, 6.45) is 6.16. The van der Waals surface area contributed by atoms with E-state index in [2.05, 4.69) is 5.32 Å². The molecule has 2 saturated carbocycles. The number of benzene rings is 1. The lowest BCUT2D eigenvalue weighted by atomic mass is 9.80. The number of nitrogens with one attached hydrogen (secondary N) is 1. The van der Waals surface area contributed by atoms with E-state index in [1.165, 1.54) is 6.42 Å². The van der Waals surface area contributed by atoms with Gasteiger partial charge in [0.1, 0.15) is 5.75 Å². The van der Waals surface area contributed by atoms with Crippen molar-refractivity contribution in [3.63, 3.8) is 0 Å². The average molecular weight is 310 g/mol. The molecule has 21 heavy (non-hydrogen) atoms. The number of aliphatic hydroxyl groups is 1. The number of hydrogen-bond donors (Lipinski definition) is 2. The van der Waals surface area contributed by atoms with Gasteiger partial charge in [0.2, 0.25) is 0 Å². The molecule has 2 aliphatic carbocycles. The first-order valence-corrected chi connectivity index (χ1v) is 7.90. The van der Waals surface area contributed by atoms with Gasteiger partial charge in [-0.2, -0.15) is 0 Å². The molecule has 0 radical (unpaired) electrons. The Kier molecular flexibility index (Phi) is 4.09. The Labute approximate surface area is 129 Å². The quantitative estimate of drug-likeness (QED) is 0.879. The van der Waals surface area contributed by atoms with Gasteiger partial charge in [0, 0.05) is 6.54 Å². The summed E-state index contributed by atoms with van der Waals surface area (Å²) in [5.41, 5.74) is -0.310. The Morgan fingerprint density at radius 1 is 1.38 bits per heavy atom. The molecule has 2 fully saturated rings. The summed E-state index contributed by atoms with van der Waals surface area (Å²) in [7, 11) is 0. The molecule has 2 aliphatic rings. The van der Waals surface area contributed by atoms with Crippen molar-refractivity contribution in [2.75, 3.05) is 6.54 Å². The van der Waals surface area contributed by atoms with E-state index in [-0.39, 0.29) is 18.6 Å². The van der Waals surface area contributed by atoms with Crippen molar-refractivity contribution in [1.82, 2.24) is 5.32 Å². The van der Waals surface area contributed by atoms with Crippen LogP contribution in [0.2, 0.25) is 5.02 Å². The van der Waals surface area contributed by atoms with Crippen LogP contribution >= 0.6 is 11.6 Å². The van der Waals surface area contributed by atoms with Crippen LogP contribution in [-0.2, 0) is 0 Å². The van der Waals surface area contributed by atoms with Crippen LogP contribution in [0.25, 0.3) is 0 Å². The molecule has 5 heteroatoms. The van der Waals surface area contributed by atoms with Crippen molar-refractivity contribution < 1.29 is 14.6 Å². The molecule has 0 bridgehead atoms. The SMILES string of the molecule is O=C(NCC1(O)CCC1)c1ccc(OC2CCC2)cc1Cl. The second kappa shape index (κ2) is 5.85. The van der Waals surface area contributed by atoms with Gasteiger partial charge in [-0.25, -0.2) is 0 Å². The van der Waals surface area contributed by atoms with Gasteiger partial charge in [-0.1, -0.05) is 11.6 Å². The highest BCUT2D eigenvalue weighted by molar-refractivity contribution is 6.34. The molecule has 0 aromatic heterocycles. The van der Waals surface area contributed by atoms with E-state index >= 15 is 0 Å². The van der Waals surface area contributed by atoms with Crippen LogP contribution < -0.4 is 10.1 Å². The predicted octanol–water partition coefficient (Wildman–Crippen LogP) is 2.92. The fourth-order valence-electron chi connectivity index (χ4n) is 2.54. The van der Waals surface area contributed by atoms with Crippen molar-refractivity contribution in [3.05, 3.63) is 28.8 Å². The molecular formula is C16H20ClNO3. The average Bonchev–Trinajstić information content (AvgIpc) is 2.38. The van der Waals surface area contributed by atoms with E-state index in [0.29, 0.717) is 16.3 Å². The number of carbonyl (C=O) groups is 1. The minimum Gasteiger partial charge on any atom is -0.490 e. The molecule has 114 valence electrons. The second-order valence-electron chi connectivity index (χ2n) is 6.07. The van der Waals surface area contributed by atoms with Crippen molar-refractivity contribution in [2.24, 2.45) is 0 Å². The lowest BCUT2D eigenvalue weighted by Crippen LogP contribution is -2.47. The van der Waals surface area contributed by atoms with Gasteiger partial charge in [0.15, 0.2) is 0 Å². The van der Waals surface area contributed by atoms with Gasteiger partial charge in [0.05, 0.1) is 22.3 Å². The molecule has 0 unspecified atom stereocenters. The highest BCUT2D eigenvalue weighted by Crippen LogP contribution is 2.31. The van der Waals surface area contributed by atoms with E-state index < -0.39 is 5.60 Å². The first-order valence-electron chi connectivity index (χ1n) is 7.53. The molecule has 1 aromatic carbocycles. The number of amides is 1. The smallest absolute Gasteiger partial charge is 0.252 e. The lowest BCUT2D eigenvalue weighted by Gasteiger charge is -2.36. The molecule has 0 saturated heterocycles. The molecule has 3 rings (SSSR count). The Morgan fingerprint density at radius 2 is 2.14 bits per heavy atom. The minimum absolute atomic E-state index is 0.254. The molecule has 1 aromatic rings. The zero-order chi connectivity index (χ0) is 14.9. The third-order valence-corrected chi connectivity index (χ3v) is 4.72. The van der Waals surface area contributed by atoms with Crippen LogP contribution in [0.5, 0.6) is 5.75 Å². The predicted molar refractivity (Wildman–Crippen MR) is 80.9 cm³/mol. The lowest BCUT2D eigenvalue weighted by molar-refractivity contribution is -0.0300. The number of rotatable bonds is 5. The summed E-state index contributed by atoms with van der Waals surface area (Å²) in [4.78, 5) is 12.1. The van der Waals surface area contributed by atoms with Crippen LogP contribution in [0.15, 0.2) is 18.2 Å². The van der Waals surface area contributed by atoms with Gasteiger partial charge >= 0.3 is 0 Å².